The van der Waals surface area contributed by atoms with Crippen molar-refractivity contribution in [2.24, 2.45) is 0 Å². The molecule has 0 aliphatic carbocycles. The summed E-state index contributed by atoms with van der Waals surface area (Å²) in [7, 11) is 1.87. The van der Waals surface area contributed by atoms with Gasteiger partial charge in [0.05, 0.1) is 5.69 Å². The molecule has 0 amide bonds. The van der Waals surface area contributed by atoms with Gasteiger partial charge >= 0.3 is 0 Å². The zero-order valence-electron chi connectivity index (χ0n) is 15.9. The second-order valence-corrected chi connectivity index (χ2v) is 7.84. The van der Waals surface area contributed by atoms with Gasteiger partial charge < -0.3 is 23.7 Å². The molecular formula is C19H27NO6. The summed E-state index contributed by atoms with van der Waals surface area (Å²) in [5.74, 6) is -1.42. The summed E-state index contributed by atoms with van der Waals surface area (Å²) in [5, 5.41) is 1.72. The predicted molar refractivity (Wildman–Crippen MR) is 93.3 cm³/mol. The Bertz CT molecular complexity index is 636. The van der Waals surface area contributed by atoms with E-state index in [0.29, 0.717) is 6.61 Å². The molecule has 3 aliphatic rings. The Morgan fingerprint density at radius 1 is 0.885 bits per heavy atom. The molecule has 0 radical (unpaired) electrons. The molecule has 0 saturated carbocycles. The van der Waals surface area contributed by atoms with Crippen LogP contribution in [-0.2, 0) is 28.5 Å². The second-order valence-electron chi connectivity index (χ2n) is 7.84. The summed E-state index contributed by atoms with van der Waals surface area (Å²) in [6.45, 7) is 7.86. The van der Waals surface area contributed by atoms with Gasteiger partial charge in [0.2, 0.25) is 0 Å². The number of hydrogen-bond acceptors (Lipinski definition) is 7. The molecule has 0 aromatic heterocycles. The summed E-state index contributed by atoms with van der Waals surface area (Å²) in [6.07, 6.45) is -1.69. The van der Waals surface area contributed by atoms with Gasteiger partial charge in [0.15, 0.2) is 17.9 Å². The van der Waals surface area contributed by atoms with Crippen molar-refractivity contribution in [2.45, 2.75) is 70.0 Å². The fraction of sp³-hybridized carbons (Fsp3) is 0.684. The van der Waals surface area contributed by atoms with Crippen molar-refractivity contribution in [1.82, 2.24) is 0 Å². The maximum absolute atomic E-state index is 6.14. The van der Waals surface area contributed by atoms with Crippen LogP contribution in [0.3, 0.4) is 0 Å². The van der Waals surface area contributed by atoms with Gasteiger partial charge in [-0.2, -0.15) is 0 Å². The molecule has 7 nitrogen and oxygen atoms in total. The molecule has 4 rings (SSSR count). The van der Waals surface area contributed by atoms with E-state index in [1.165, 1.54) is 0 Å². The first-order valence-electron chi connectivity index (χ1n) is 9.03. The molecule has 3 saturated heterocycles. The summed E-state index contributed by atoms with van der Waals surface area (Å²) in [6, 6.07) is 9.87. The van der Waals surface area contributed by atoms with Crippen LogP contribution in [0.15, 0.2) is 30.3 Å². The normalized spacial score (nSPS) is 37.2. The standard InChI is InChI=1S/C19H27NO6/c1-18(2)23-14-13(11-21-20(5)12-9-7-6-8-10-12)22-17-16(15(14)24-18)25-19(3,4)26-17/h6-10,13-17H,11H2,1-5H3/t13?,14-,15-,16-,17?/m0/s1. The van der Waals surface area contributed by atoms with Gasteiger partial charge in [-0.1, -0.05) is 18.2 Å². The number of anilines is 1. The third kappa shape index (κ3) is 3.47. The molecule has 3 heterocycles. The van der Waals surface area contributed by atoms with E-state index in [1.54, 1.807) is 5.06 Å². The molecule has 0 spiro atoms. The third-order valence-electron chi connectivity index (χ3n) is 4.80. The Morgan fingerprint density at radius 2 is 1.50 bits per heavy atom. The number of hydrogen-bond donors (Lipinski definition) is 0. The molecule has 7 heteroatoms. The van der Waals surface area contributed by atoms with E-state index in [2.05, 4.69) is 0 Å². The molecule has 5 atom stereocenters. The minimum Gasteiger partial charge on any atom is -0.342 e. The molecule has 2 unspecified atom stereocenters. The van der Waals surface area contributed by atoms with E-state index in [9.17, 15) is 0 Å². The van der Waals surface area contributed by atoms with Crippen LogP contribution in [0, 0.1) is 0 Å². The summed E-state index contributed by atoms with van der Waals surface area (Å²) < 4.78 is 30.2. The van der Waals surface area contributed by atoms with Crippen LogP contribution in [0.25, 0.3) is 0 Å². The van der Waals surface area contributed by atoms with Gasteiger partial charge in [0.1, 0.15) is 31.0 Å². The molecule has 26 heavy (non-hydrogen) atoms. The predicted octanol–water partition coefficient (Wildman–Crippen LogP) is 2.45. The average molecular weight is 365 g/mol. The van der Waals surface area contributed by atoms with Crippen molar-refractivity contribution in [2.75, 3.05) is 18.7 Å². The second kappa shape index (κ2) is 6.44. The fourth-order valence-electron chi connectivity index (χ4n) is 3.73. The quantitative estimate of drug-likeness (QED) is 0.760. The molecular weight excluding hydrogens is 338 g/mol. The van der Waals surface area contributed by atoms with Crippen molar-refractivity contribution in [3.05, 3.63) is 30.3 Å². The van der Waals surface area contributed by atoms with Crippen LogP contribution in [0.2, 0.25) is 0 Å². The van der Waals surface area contributed by atoms with Gasteiger partial charge in [-0.25, -0.2) is 0 Å². The Hall–Kier alpha value is -1.22. The molecule has 1 aromatic rings. The molecule has 3 fully saturated rings. The zero-order valence-corrected chi connectivity index (χ0v) is 15.9. The number of ether oxygens (including phenoxy) is 5. The van der Waals surface area contributed by atoms with Gasteiger partial charge in [0, 0.05) is 7.05 Å². The number of rotatable bonds is 4. The van der Waals surface area contributed by atoms with E-state index < -0.39 is 17.9 Å². The van der Waals surface area contributed by atoms with Crippen LogP contribution in [-0.4, -0.2) is 55.9 Å². The Labute approximate surface area is 154 Å². The lowest BCUT2D eigenvalue weighted by molar-refractivity contribution is -0.243. The van der Waals surface area contributed by atoms with Crippen LogP contribution in [0.5, 0.6) is 0 Å². The first kappa shape index (κ1) is 18.2. The number of nitrogens with zero attached hydrogens (tertiary/aromatic N) is 1. The molecule has 0 N–H and O–H groups in total. The maximum atomic E-state index is 6.14. The lowest BCUT2D eigenvalue weighted by Crippen LogP contribution is -2.56. The SMILES string of the molecule is CN(OCC1OC2OC(C)(C)O[C@H]2[C@H]2OC(C)(C)O[C@@H]12)c1ccccc1. The largest absolute Gasteiger partial charge is 0.342 e. The van der Waals surface area contributed by atoms with Gasteiger partial charge in [-0.3, -0.25) is 9.90 Å². The van der Waals surface area contributed by atoms with Crippen molar-refractivity contribution in [3.63, 3.8) is 0 Å². The number of benzene rings is 1. The number of hydroxylamine groups is 1. The Balaban J connectivity index is 1.47. The van der Waals surface area contributed by atoms with E-state index in [1.807, 2.05) is 65.1 Å². The van der Waals surface area contributed by atoms with Crippen molar-refractivity contribution in [1.29, 1.82) is 0 Å². The molecule has 3 aliphatic heterocycles. The molecule has 1 aromatic carbocycles. The van der Waals surface area contributed by atoms with E-state index in [-0.39, 0.29) is 24.4 Å². The first-order valence-corrected chi connectivity index (χ1v) is 9.03. The smallest absolute Gasteiger partial charge is 0.190 e. The van der Waals surface area contributed by atoms with Crippen LogP contribution >= 0.6 is 0 Å². The third-order valence-corrected chi connectivity index (χ3v) is 4.80. The summed E-state index contributed by atoms with van der Waals surface area (Å²) in [4.78, 5) is 5.92. The monoisotopic (exact) mass is 365 g/mol. The Morgan fingerprint density at radius 3 is 2.23 bits per heavy atom. The van der Waals surface area contributed by atoms with Crippen molar-refractivity contribution >= 4 is 5.69 Å². The fourth-order valence-corrected chi connectivity index (χ4v) is 3.73. The van der Waals surface area contributed by atoms with E-state index in [0.717, 1.165) is 5.69 Å². The highest BCUT2D eigenvalue weighted by atomic mass is 16.9. The zero-order chi connectivity index (χ0) is 18.5. The lowest BCUT2D eigenvalue weighted by atomic mass is 9.99. The Kier molecular flexibility index (Phi) is 4.50. The van der Waals surface area contributed by atoms with E-state index >= 15 is 0 Å². The topological polar surface area (TPSA) is 58.6 Å². The maximum Gasteiger partial charge on any atom is 0.190 e. The molecule has 144 valence electrons. The van der Waals surface area contributed by atoms with E-state index in [4.69, 9.17) is 28.5 Å². The van der Waals surface area contributed by atoms with Crippen molar-refractivity contribution in [3.8, 4) is 0 Å². The highest BCUT2D eigenvalue weighted by molar-refractivity contribution is 5.42. The first-order chi connectivity index (χ1) is 12.2. The van der Waals surface area contributed by atoms with Crippen LogP contribution in [0.1, 0.15) is 27.7 Å². The van der Waals surface area contributed by atoms with Gasteiger partial charge in [0.25, 0.3) is 0 Å². The highest BCUT2D eigenvalue weighted by Crippen LogP contribution is 2.44. The van der Waals surface area contributed by atoms with Crippen LogP contribution < -0.4 is 5.06 Å². The number of para-hydroxylation sites is 1. The van der Waals surface area contributed by atoms with Crippen molar-refractivity contribution < 1.29 is 28.5 Å². The van der Waals surface area contributed by atoms with Gasteiger partial charge in [-0.05, 0) is 39.8 Å². The summed E-state index contributed by atoms with van der Waals surface area (Å²) in [5.41, 5.74) is 0.961. The van der Waals surface area contributed by atoms with Crippen LogP contribution in [0.4, 0.5) is 5.69 Å². The minimum absolute atomic E-state index is 0.263. The highest BCUT2D eigenvalue weighted by Gasteiger charge is 2.60. The lowest BCUT2D eigenvalue weighted by Gasteiger charge is -2.37. The minimum atomic E-state index is -0.716. The summed E-state index contributed by atoms with van der Waals surface area (Å²) >= 11 is 0. The average Bonchev–Trinajstić information content (AvgIpc) is 3.07. The van der Waals surface area contributed by atoms with Gasteiger partial charge in [-0.15, -0.1) is 0 Å². The molecule has 0 bridgehead atoms. The number of fused-ring (bicyclic) bond motifs is 3.